The maximum Gasteiger partial charge on any atom is 0.122 e. The Balaban J connectivity index is 2.25. The van der Waals surface area contributed by atoms with Gasteiger partial charge in [-0.1, -0.05) is 0 Å². The second kappa shape index (κ2) is 7.95. The third kappa shape index (κ3) is 4.94. The number of benzene rings is 1. The monoisotopic (exact) mass is 253 g/mol. The molecule has 0 spiro atoms. The SMILES string of the molecule is COCCOCCCOc1cc(C)c(N)cc1C. The lowest BCUT2D eigenvalue weighted by Crippen LogP contribution is -2.07. The van der Waals surface area contributed by atoms with E-state index in [-0.39, 0.29) is 0 Å². The third-order valence-electron chi connectivity index (χ3n) is 2.69. The maximum absolute atomic E-state index is 5.83. The molecule has 102 valence electrons. The van der Waals surface area contributed by atoms with Crippen molar-refractivity contribution in [1.82, 2.24) is 0 Å². The van der Waals surface area contributed by atoms with Crippen molar-refractivity contribution in [1.29, 1.82) is 0 Å². The third-order valence-corrected chi connectivity index (χ3v) is 2.69. The number of ether oxygens (including phenoxy) is 3. The van der Waals surface area contributed by atoms with Gasteiger partial charge in [0.05, 0.1) is 19.8 Å². The molecule has 0 aromatic heterocycles. The van der Waals surface area contributed by atoms with Crippen molar-refractivity contribution in [2.24, 2.45) is 0 Å². The summed E-state index contributed by atoms with van der Waals surface area (Å²) in [5.41, 5.74) is 8.75. The smallest absolute Gasteiger partial charge is 0.122 e. The van der Waals surface area contributed by atoms with Gasteiger partial charge in [0.1, 0.15) is 5.75 Å². The molecule has 4 nitrogen and oxygen atoms in total. The van der Waals surface area contributed by atoms with Gasteiger partial charge in [-0.3, -0.25) is 0 Å². The highest BCUT2D eigenvalue weighted by Crippen LogP contribution is 2.24. The van der Waals surface area contributed by atoms with Crippen LogP contribution in [0.4, 0.5) is 5.69 Å². The van der Waals surface area contributed by atoms with Crippen LogP contribution in [0.1, 0.15) is 17.5 Å². The number of hydrogen-bond donors (Lipinski definition) is 1. The molecule has 2 N–H and O–H groups in total. The highest BCUT2D eigenvalue weighted by atomic mass is 16.5. The molecular weight excluding hydrogens is 230 g/mol. The van der Waals surface area contributed by atoms with Gasteiger partial charge in [0.15, 0.2) is 0 Å². The molecule has 0 aliphatic heterocycles. The standard InChI is InChI=1S/C14H23NO3/c1-11-10-14(12(2)9-13(11)15)18-6-4-5-17-8-7-16-3/h9-10H,4-8,15H2,1-3H3. The molecule has 0 aliphatic rings. The number of anilines is 1. The molecule has 0 fully saturated rings. The Morgan fingerprint density at radius 2 is 1.78 bits per heavy atom. The van der Waals surface area contributed by atoms with E-state index in [2.05, 4.69) is 0 Å². The van der Waals surface area contributed by atoms with E-state index >= 15 is 0 Å². The molecule has 0 bridgehead atoms. The van der Waals surface area contributed by atoms with Crippen molar-refractivity contribution < 1.29 is 14.2 Å². The summed E-state index contributed by atoms with van der Waals surface area (Å²) in [4.78, 5) is 0. The molecule has 1 rings (SSSR count). The summed E-state index contributed by atoms with van der Waals surface area (Å²) in [6.45, 7) is 6.59. The zero-order valence-corrected chi connectivity index (χ0v) is 11.5. The summed E-state index contributed by atoms with van der Waals surface area (Å²) in [7, 11) is 1.67. The van der Waals surface area contributed by atoms with E-state index in [4.69, 9.17) is 19.9 Å². The number of aryl methyl sites for hydroxylation is 2. The number of rotatable bonds is 8. The van der Waals surface area contributed by atoms with E-state index in [1.807, 2.05) is 26.0 Å². The Kier molecular flexibility index (Phi) is 6.54. The number of methoxy groups -OCH3 is 1. The second-order valence-electron chi connectivity index (χ2n) is 4.28. The topological polar surface area (TPSA) is 53.7 Å². The highest BCUT2D eigenvalue weighted by molar-refractivity contribution is 5.53. The van der Waals surface area contributed by atoms with Crippen molar-refractivity contribution in [3.63, 3.8) is 0 Å². The average molecular weight is 253 g/mol. The van der Waals surface area contributed by atoms with Crippen LogP contribution in [-0.2, 0) is 9.47 Å². The van der Waals surface area contributed by atoms with Gasteiger partial charge in [-0.05, 0) is 37.1 Å². The first-order valence-corrected chi connectivity index (χ1v) is 6.21. The van der Waals surface area contributed by atoms with Crippen molar-refractivity contribution in [3.8, 4) is 5.75 Å². The Hall–Kier alpha value is -1.26. The Bertz CT molecular complexity index is 366. The van der Waals surface area contributed by atoms with Crippen LogP contribution in [0.15, 0.2) is 12.1 Å². The van der Waals surface area contributed by atoms with Gasteiger partial charge in [-0.2, -0.15) is 0 Å². The Morgan fingerprint density at radius 3 is 2.50 bits per heavy atom. The summed E-state index contributed by atoms with van der Waals surface area (Å²) in [5.74, 6) is 0.901. The van der Waals surface area contributed by atoms with Gasteiger partial charge in [0.2, 0.25) is 0 Å². The van der Waals surface area contributed by atoms with Crippen LogP contribution in [0, 0.1) is 13.8 Å². The molecule has 1 aromatic rings. The molecule has 0 unspecified atom stereocenters. The largest absolute Gasteiger partial charge is 0.493 e. The average Bonchev–Trinajstić information content (AvgIpc) is 2.34. The minimum atomic E-state index is 0.635. The molecule has 0 saturated heterocycles. The van der Waals surface area contributed by atoms with Crippen molar-refractivity contribution in [2.45, 2.75) is 20.3 Å². The van der Waals surface area contributed by atoms with Gasteiger partial charge in [-0.15, -0.1) is 0 Å². The quantitative estimate of drug-likeness (QED) is 0.570. The molecular formula is C14H23NO3. The highest BCUT2D eigenvalue weighted by Gasteiger charge is 2.03. The molecule has 18 heavy (non-hydrogen) atoms. The zero-order valence-electron chi connectivity index (χ0n) is 11.5. The fraction of sp³-hybridized carbons (Fsp3) is 0.571. The summed E-state index contributed by atoms with van der Waals surface area (Å²) < 4.78 is 16.0. The molecule has 0 aliphatic carbocycles. The fourth-order valence-corrected chi connectivity index (χ4v) is 1.55. The predicted molar refractivity (Wildman–Crippen MR) is 73.1 cm³/mol. The minimum Gasteiger partial charge on any atom is -0.493 e. The predicted octanol–water partition coefficient (Wildman–Crippen LogP) is 2.32. The Labute approximate surface area is 109 Å². The molecule has 4 heteroatoms. The van der Waals surface area contributed by atoms with E-state index in [1.165, 1.54) is 0 Å². The van der Waals surface area contributed by atoms with Gasteiger partial charge in [0.25, 0.3) is 0 Å². The molecule has 1 aromatic carbocycles. The maximum atomic E-state index is 5.83. The van der Waals surface area contributed by atoms with Gasteiger partial charge < -0.3 is 19.9 Å². The minimum absolute atomic E-state index is 0.635. The normalized spacial score (nSPS) is 10.6. The van der Waals surface area contributed by atoms with E-state index in [0.29, 0.717) is 26.4 Å². The molecule has 0 saturated carbocycles. The lowest BCUT2D eigenvalue weighted by Gasteiger charge is -2.11. The number of nitrogens with two attached hydrogens (primary N) is 1. The van der Waals surface area contributed by atoms with Crippen molar-refractivity contribution >= 4 is 5.69 Å². The first-order chi connectivity index (χ1) is 8.65. The van der Waals surface area contributed by atoms with Crippen LogP contribution in [-0.4, -0.2) is 33.5 Å². The van der Waals surface area contributed by atoms with Crippen LogP contribution >= 0.6 is 0 Å². The number of hydrogen-bond acceptors (Lipinski definition) is 4. The lowest BCUT2D eigenvalue weighted by atomic mass is 10.1. The van der Waals surface area contributed by atoms with Crippen molar-refractivity contribution in [2.75, 3.05) is 39.3 Å². The zero-order chi connectivity index (χ0) is 13.4. The van der Waals surface area contributed by atoms with Crippen LogP contribution in [0.3, 0.4) is 0 Å². The van der Waals surface area contributed by atoms with Gasteiger partial charge >= 0.3 is 0 Å². The summed E-state index contributed by atoms with van der Waals surface area (Å²) in [6.07, 6.45) is 0.868. The lowest BCUT2D eigenvalue weighted by molar-refractivity contribution is 0.0644. The molecule has 0 radical (unpaired) electrons. The Morgan fingerprint density at radius 1 is 1.00 bits per heavy atom. The van der Waals surface area contributed by atoms with Crippen LogP contribution in [0.2, 0.25) is 0 Å². The second-order valence-corrected chi connectivity index (χ2v) is 4.28. The van der Waals surface area contributed by atoms with Gasteiger partial charge in [-0.25, -0.2) is 0 Å². The summed E-state index contributed by atoms with van der Waals surface area (Å²) in [6, 6.07) is 3.93. The van der Waals surface area contributed by atoms with Crippen LogP contribution < -0.4 is 10.5 Å². The first-order valence-electron chi connectivity index (χ1n) is 6.21. The van der Waals surface area contributed by atoms with Gasteiger partial charge in [0, 0.05) is 25.8 Å². The first kappa shape index (κ1) is 14.8. The molecule has 0 amide bonds. The van der Waals surface area contributed by atoms with Crippen LogP contribution in [0.25, 0.3) is 0 Å². The number of nitrogen functional groups attached to an aromatic ring is 1. The summed E-state index contributed by atoms with van der Waals surface area (Å²) in [5, 5.41) is 0. The van der Waals surface area contributed by atoms with Crippen LogP contribution in [0.5, 0.6) is 5.75 Å². The van der Waals surface area contributed by atoms with E-state index in [9.17, 15) is 0 Å². The summed E-state index contributed by atoms with van der Waals surface area (Å²) >= 11 is 0. The van der Waals surface area contributed by atoms with E-state index < -0.39 is 0 Å². The molecule has 0 heterocycles. The molecule has 0 atom stereocenters. The van der Waals surface area contributed by atoms with E-state index in [1.54, 1.807) is 7.11 Å². The fourth-order valence-electron chi connectivity index (χ4n) is 1.55. The van der Waals surface area contributed by atoms with E-state index in [0.717, 1.165) is 29.0 Å². The van der Waals surface area contributed by atoms with Crippen molar-refractivity contribution in [3.05, 3.63) is 23.3 Å².